The van der Waals surface area contributed by atoms with Gasteiger partial charge in [0.1, 0.15) is 4.93 Å². The zero-order valence-corrected chi connectivity index (χ0v) is 8.11. The van der Waals surface area contributed by atoms with E-state index in [9.17, 15) is 5.11 Å². The highest BCUT2D eigenvalue weighted by atomic mass is 32.2. The van der Waals surface area contributed by atoms with Crippen LogP contribution in [0.5, 0.6) is 0 Å². The van der Waals surface area contributed by atoms with Gasteiger partial charge in [-0.05, 0) is 37.9 Å². The molecule has 0 aromatic carbocycles. The topological polar surface area (TPSA) is 29.5 Å². The second kappa shape index (κ2) is 3.56. The van der Waals surface area contributed by atoms with Gasteiger partial charge in [0.15, 0.2) is 0 Å². The zero-order chi connectivity index (χ0) is 8.44. The van der Waals surface area contributed by atoms with Crippen LogP contribution in [-0.4, -0.2) is 28.5 Å². The molecule has 1 N–H and O–H groups in total. The summed E-state index contributed by atoms with van der Waals surface area (Å²) in [4.78, 5) is -0.541. The lowest BCUT2D eigenvalue weighted by atomic mass is 10.2. The fourth-order valence-electron chi connectivity index (χ4n) is 1.98. The van der Waals surface area contributed by atoms with Crippen molar-refractivity contribution in [3.05, 3.63) is 0 Å². The van der Waals surface area contributed by atoms with E-state index in [1.807, 2.05) is 0 Å². The van der Waals surface area contributed by atoms with Gasteiger partial charge in [-0.25, -0.2) is 0 Å². The highest BCUT2D eigenvalue weighted by molar-refractivity contribution is 8.00. The lowest BCUT2D eigenvalue weighted by molar-refractivity contribution is -0.0399. The molecular weight excluding hydrogens is 172 g/mol. The summed E-state index contributed by atoms with van der Waals surface area (Å²) in [6.07, 6.45) is 5.53. The van der Waals surface area contributed by atoms with Crippen molar-refractivity contribution in [2.75, 3.05) is 12.4 Å². The molecule has 2 unspecified atom stereocenters. The maximum absolute atomic E-state index is 10.2. The first kappa shape index (κ1) is 8.85. The molecule has 1 aliphatic heterocycles. The molecule has 1 saturated heterocycles. The van der Waals surface area contributed by atoms with Crippen molar-refractivity contribution < 1.29 is 9.84 Å². The van der Waals surface area contributed by atoms with Crippen LogP contribution in [0.15, 0.2) is 0 Å². The summed E-state index contributed by atoms with van der Waals surface area (Å²) in [6.45, 7) is 0.841. The molecule has 2 nitrogen and oxygen atoms in total. The van der Waals surface area contributed by atoms with E-state index in [-0.39, 0.29) is 6.10 Å². The van der Waals surface area contributed by atoms with Gasteiger partial charge in [-0.15, -0.1) is 11.8 Å². The summed E-state index contributed by atoms with van der Waals surface area (Å²) in [5, 5.41) is 10.2. The van der Waals surface area contributed by atoms with Crippen molar-refractivity contribution in [2.24, 2.45) is 0 Å². The van der Waals surface area contributed by atoms with Crippen molar-refractivity contribution >= 4 is 11.8 Å². The molecule has 0 amide bonds. The van der Waals surface area contributed by atoms with E-state index in [1.165, 1.54) is 6.42 Å². The van der Waals surface area contributed by atoms with Crippen LogP contribution in [0.25, 0.3) is 0 Å². The van der Waals surface area contributed by atoms with Crippen LogP contribution in [0.1, 0.15) is 32.1 Å². The lowest BCUT2D eigenvalue weighted by Crippen LogP contribution is -2.37. The van der Waals surface area contributed by atoms with Crippen LogP contribution < -0.4 is 0 Å². The van der Waals surface area contributed by atoms with E-state index in [1.54, 1.807) is 11.8 Å². The first-order valence-corrected chi connectivity index (χ1v) is 5.78. The highest BCUT2D eigenvalue weighted by Gasteiger charge is 2.42. The van der Waals surface area contributed by atoms with E-state index in [4.69, 9.17) is 4.74 Å². The largest absolute Gasteiger partial charge is 0.377 e. The number of rotatable bonds is 0. The lowest BCUT2D eigenvalue weighted by Gasteiger charge is -2.31. The summed E-state index contributed by atoms with van der Waals surface area (Å²) >= 11 is 1.70. The summed E-state index contributed by atoms with van der Waals surface area (Å²) in [5.41, 5.74) is 0. The molecule has 70 valence electrons. The van der Waals surface area contributed by atoms with Gasteiger partial charge >= 0.3 is 0 Å². The van der Waals surface area contributed by atoms with E-state index in [0.717, 1.165) is 38.0 Å². The van der Waals surface area contributed by atoms with Gasteiger partial charge in [0.2, 0.25) is 0 Å². The van der Waals surface area contributed by atoms with Gasteiger partial charge in [0.05, 0.1) is 6.10 Å². The van der Waals surface area contributed by atoms with Gasteiger partial charge in [0.25, 0.3) is 0 Å². The Morgan fingerprint density at radius 2 is 2.25 bits per heavy atom. The Balaban J connectivity index is 2.02. The van der Waals surface area contributed by atoms with E-state index in [2.05, 4.69) is 0 Å². The Hall–Kier alpha value is 0.270. The fraction of sp³-hybridized carbons (Fsp3) is 1.00. The third-order valence-corrected chi connectivity index (χ3v) is 4.17. The molecule has 12 heavy (non-hydrogen) atoms. The number of aliphatic hydroxyl groups is 1. The number of thioether (sulfide) groups is 1. The number of hydrogen-bond donors (Lipinski definition) is 1. The molecule has 0 spiro atoms. The zero-order valence-electron chi connectivity index (χ0n) is 7.29. The summed E-state index contributed by atoms with van der Waals surface area (Å²) in [7, 11) is 0. The molecule has 2 atom stereocenters. The highest BCUT2D eigenvalue weighted by Crippen LogP contribution is 2.42. The van der Waals surface area contributed by atoms with Gasteiger partial charge in [0, 0.05) is 6.61 Å². The molecule has 0 bridgehead atoms. The molecular formula is C9H16O2S. The van der Waals surface area contributed by atoms with Crippen LogP contribution in [0.3, 0.4) is 0 Å². The van der Waals surface area contributed by atoms with Gasteiger partial charge in [-0.3, -0.25) is 0 Å². The van der Waals surface area contributed by atoms with Crippen LogP contribution >= 0.6 is 11.8 Å². The predicted molar refractivity (Wildman–Crippen MR) is 50.2 cm³/mol. The first-order chi connectivity index (χ1) is 5.81. The Bertz CT molecular complexity index is 163. The molecule has 1 heterocycles. The number of fused-ring (bicyclic) bond motifs is 1. The van der Waals surface area contributed by atoms with Crippen molar-refractivity contribution in [3.63, 3.8) is 0 Å². The Kier molecular flexibility index (Phi) is 2.63. The van der Waals surface area contributed by atoms with Gasteiger partial charge in [-0.2, -0.15) is 0 Å². The number of hydrogen-bond acceptors (Lipinski definition) is 3. The minimum absolute atomic E-state index is 0.114. The molecule has 2 aliphatic rings. The van der Waals surface area contributed by atoms with Crippen molar-refractivity contribution in [1.29, 1.82) is 0 Å². The second-order valence-corrected chi connectivity index (χ2v) is 5.06. The maximum atomic E-state index is 10.2. The summed E-state index contributed by atoms with van der Waals surface area (Å²) in [6, 6.07) is 0. The van der Waals surface area contributed by atoms with E-state index < -0.39 is 4.93 Å². The Labute approximate surface area is 77.7 Å². The summed E-state index contributed by atoms with van der Waals surface area (Å²) in [5.74, 6) is 1.09. The van der Waals surface area contributed by atoms with Gasteiger partial charge in [-0.1, -0.05) is 0 Å². The SMILES string of the molecule is OC12CCCC1OCCCCS2. The molecule has 2 rings (SSSR count). The van der Waals surface area contributed by atoms with Crippen LogP contribution in [0.4, 0.5) is 0 Å². The van der Waals surface area contributed by atoms with Crippen LogP contribution in [-0.2, 0) is 4.74 Å². The van der Waals surface area contributed by atoms with E-state index in [0.29, 0.717) is 0 Å². The average molecular weight is 188 g/mol. The smallest absolute Gasteiger partial charge is 0.136 e. The first-order valence-electron chi connectivity index (χ1n) is 4.79. The molecule has 3 heteroatoms. The minimum atomic E-state index is -0.541. The maximum Gasteiger partial charge on any atom is 0.136 e. The third-order valence-electron chi connectivity index (χ3n) is 2.71. The third kappa shape index (κ3) is 1.63. The Morgan fingerprint density at radius 1 is 1.33 bits per heavy atom. The normalized spacial score (nSPS) is 43.2. The fourth-order valence-corrected chi connectivity index (χ4v) is 3.35. The average Bonchev–Trinajstić information content (AvgIpc) is 2.34. The molecule has 2 fully saturated rings. The standard InChI is InChI=1S/C9H16O2S/c10-9-5-3-4-8(9)11-6-1-2-7-12-9/h8,10H,1-7H2. The van der Waals surface area contributed by atoms with Crippen molar-refractivity contribution in [1.82, 2.24) is 0 Å². The van der Waals surface area contributed by atoms with Crippen LogP contribution in [0.2, 0.25) is 0 Å². The quantitative estimate of drug-likeness (QED) is 0.628. The van der Waals surface area contributed by atoms with Gasteiger partial charge < -0.3 is 9.84 Å². The van der Waals surface area contributed by atoms with E-state index >= 15 is 0 Å². The van der Waals surface area contributed by atoms with Crippen molar-refractivity contribution in [2.45, 2.75) is 43.1 Å². The predicted octanol–water partition coefficient (Wildman–Crippen LogP) is 1.77. The molecule has 0 aromatic rings. The molecule has 1 aliphatic carbocycles. The molecule has 0 radical (unpaired) electrons. The minimum Gasteiger partial charge on any atom is -0.377 e. The number of ether oxygens (including phenoxy) is 1. The Morgan fingerprint density at radius 3 is 3.17 bits per heavy atom. The van der Waals surface area contributed by atoms with Crippen molar-refractivity contribution in [3.8, 4) is 0 Å². The molecule has 0 aromatic heterocycles. The van der Waals surface area contributed by atoms with Crippen LogP contribution in [0, 0.1) is 0 Å². The molecule has 1 saturated carbocycles. The summed E-state index contributed by atoms with van der Waals surface area (Å²) < 4.78 is 5.64. The second-order valence-electron chi connectivity index (χ2n) is 3.65. The monoisotopic (exact) mass is 188 g/mol.